The molecule has 0 aliphatic carbocycles. The molecule has 62 valence electrons. The molecule has 0 aliphatic heterocycles. The van der Waals surface area contributed by atoms with E-state index in [9.17, 15) is 0 Å². The minimum atomic E-state index is 0.223. The molecule has 0 saturated heterocycles. The zero-order chi connectivity index (χ0) is 9.40. The van der Waals surface area contributed by atoms with Crippen molar-refractivity contribution in [1.29, 1.82) is 5.41 Å². The molecule has 1 aromatic carbocycles. The van der Waals surface area contributed by atoms with Gasteiger partial charge in [0.25, 0.3) is 0 Å². The third-order valence-corrected chi connectivity index (χ3v) is 1.21. The van der Waals surface area contributed by atoms with Gasteiger partial charge in [0.2, 0.25) is 0 Å². The van der Waals surface area contributed by atoms with Gasteiger partial charge >= 0.3 is 0 Å². The number of nitrogens with one attached hydrogen (secondary N) is 1. The predicted molar refractivity (Wildman–Crippen MR) is 54.1 cm³/mol. The van der Waals surface area contributed by atoms with Crippen LogP contribution in [-0.4, -0.2) is 12.6 Å². The number of nitrogens with zero attached hydrogens (tertiary/aromatic N) is 1. The van der Waals surface area contributed by atoms with Gasteiger partial charge in [-0.25, -0.2) is 4.99 Å². The highest BCUT2D eigenvalue weighted by atomic mass is 14.8. The Balaban J connectivity index is 0.000000561. The molecule has 1 N–H and O–H groups in total. The number of benzene rings is 1. The molecular weight excluding hydrogens is 148 g/mol. The fraction of sp³-hybridized carbons (Fsp3) is 0. The number of amidine groups is 1. The highest BCUT2D eigenvalue weighted by molar-refractivity contribution is 5.98. The quantitative estimate of drug-likeness (QED) is 0.372. The van der Waals surface area contributed by atoms with Crippen molar-refractivity contribution in [3.8, 4) is 0 Å². The van der Waals surface area contributed by atoms with Crippen LogP contribution in [0.4, 0.5) is 0 Å². The zero-order valence-corrected chi connectivity index (χ0v) is 6.96. The van der Waals surface area contributed by atoms with Crippen molar-refractivity contribution in [2.24, 2.45) is 4.99 Å². The molecule has 0 heterocycles. The second-order valence-electron chi connectivity index (χ2n) is 1.87. The summed E-state index contributed by atoms with van der Waals surface area (Å²) in [6.45, 7) is 9.26. The topological polar surface area (TPSA) is 36.2 Å². The van der Waals surface area contributed by atoms with Gasteiger partial charge in [-0.05, 0) is 6.72 Å². The fourth-order valence-electron chi connectivity index (χ4n) is 0.687. The van der Waals surface area contributed by atoms with Crippen LogP contribution in [0.5, 0.6) is 0 Å². The first-order valence-electron chi connectivity index (χ1n) is 3.45. The molecule has 0 spiro atoms. The second kappa shape index (κ2) is 6.04. The largest absolute Gasteiger partial charge is 0.282 e. The van der Waals surface area contributed by atoms with Gasteiger partial charge in [-0.1, -0.05) is 30.3 Å². The van der Waals surface area contributed by atoms with E-state index in [0.717, 1.165) is 5.56 Å². The van der Waals surface area contributed by atoms with Crippen molar-refractivity contribution >= 4 is 12.6 Å². The normalized spacial score (nSPS) is 7.67. The predicted octanol–water partition coefficient (Wildman–Crippen LogP) is 2.51. The molecule has 2 heteroatoms. The number of rotatable bonds is 1. The molecule has 0 fully saturated rings. The average Bonchev–Trinajstić information content (AvgIpc) is 2.21. The molecule has 1 rings (SSSR count). The Morgan fingerprint density at radius 3 is 2.08 bits per heavy atom. The van der Waals surface area contributed by atoms with Crippen LogP contribution >= 0.6 is 0 Å². The summed E-state index contributed by atoms with van der Waals surface area (Å²) in [5.74, 6) is 0.223. The Morgan fingerprint density at radius 1 is 1.17 bits per heavy atom. The van der Waals surface area contributed by atoms with Crippen LogP contribution < -0.4 is 0 Å². The van der Waals surface area contributed by atoms with Crippen LogP contribution in [0.25, 0.3) is 0 Å². The van der Waals surface area contributed by atoms with E-state index in [1.54, 1.807) is 0 Å². The summed E-state index contributed by atoms with van der Waals surface area (Å²) in [5, 5.41) is 7.25. The molecule has 0 unspecified atom stereocenters. The Bertz CT molecular complexity index is 252. The van der Waals surface area contributed by atoms with Crippen molar-refractivity contribution in [2.75, 3.05) is 0 Å². The van der Waals surface area contributed by atoms with Crippen molar-refractivity contribution in [3.05, 3.63) is 49.1 Å². The zero-order valence-electron chi connectivity index (χ0n) is 6.96. The van der Waals surface area contributed by atoms with E-state index < -0.39 is 0 Å². The molecule has 0 saturated carbocycles. The van der Waals surface area contributed by atoms with E-state index in [1.807, 2.05) is 30.3 Å². The Morgan fingerprint density at radius 2 is 1.67 bits per heavy atom. The van der Waals surface area contributed by atoms with Gasteiger partial charge in [-0.15, -0.1) is 13.2 Å². The van der Waals surface area contributed by atoms with E-state index >= 15 is 0 Å². The first kappa shape index (κ1) is 10.3. The van der Waals surface area contributed by atoms with Crippen molar-refractivity contribution < 1.29 is 0 Å². The van der Waals surface area contributed by atoms with E-state index in [0.29, 0.717) is 0 Å². The van der Waals surface area contributed by atoms with Crippen LogP contribution in [0.3, 0.4) is 0 Å². The maximum atomic E-state index is 7.25. The smallest absolute Gasteiger partial charge is 0.151 e. The molecule has 0 amide bonds. The highest BCUT2D eigenvalue weighted by Gasteiger charge is 1.92. The van der Waals surface area contributed by atoms with Crippen LogP contribution in [0, 0.1) is 5.41 Å². The summed E-state index contributed by atoms with van der Waals surface area (Å²) in [6, 6.07) is 9.30. The summed E-state index contributed by atoms with van der Waals surface area (Å²) in [6.07, 6.45) is 0. The number of aliphatic imine (C=N–C) groups is 1. The van der Waals surface area contributed by atoms with Gasteiger partial charge in [0.1, 0.15) is 0 Å². The molecule has 0 radical (unpaired) electrons. The molecule has 2 nitrogen and oxygen atoms in total. The van der Waals surface area contributed by atoms with Gasteiger partial charge in [-0.2, -0.15) is 0 Å². The molecule has 1 aromatic rings. The SMILES string of the molecule is C=C.C=NC(=N)c1ccccc1. The Kier molecular flexibility index (Phi) is 5.18. The number of hydrogen-bond acceptors (Lipinski definition) is 1. The average molecular weight is 160 g/mol. The standard InChI is InChI=1S/C8H8N2.C2H4/c1-10-8(9)7-5-3-2-4-6-7;1-2/h2-6,9H,1H2;1-2H2. The minimum absolute atomic E-state index is 0.223. The van der Waals surface area contributed by atoms with Gasteiger partial charge < -0.3 is 0 Å². The molecular formula is C10H12N2. The maximum absolute atomic E-state index is 7.25. The summed E-state index contributed by atoms with van der Waals surface area (Å²) in [5.41, 5.74) is 0.803. The molecule has 0 aliphatic rings. The van der Waals surface area contributed by atoms with Crippen LogP contribution in [0.2, 0.25) is 0 Å². The Hall–Kier alpha value is -1.70. The fourth-order valence-corrected chi connectivity index (χ4v) is 0.687. The van der Waals surface area contributed by atoms with Crippen LogP contribution in [0.1, 0.15) is 5.56 Å². The lowest BCUT2D eigenvalue weighted by atomic mass is 10.2. The minimum Gasteiger partial charge on any atom is -0.282 e. The van der Waals surface area contributed by atoms with E-state index in [1.165, 1.54) is 0 Å². The first-order chi connectivity index (χ1) is 5.84. The van der Waals surface area contributed by atoms with Gasteiger partial charge in [-0.3, -0.25) is 5.41 Å². The van der Waals surface area contributed by atoms with Crippen molar-refractivity contribution in [3.63, 3.8) is 0 Å². The summed E-state index contributed by atoms with van der Waals surface area (Å²) < 4.78 is 0. The van der Waals surface area contributed by atoms with Gasteiger partial charge in [0, 0.05) is 5.56 Å². The molecule has 0 atom stereocenters. The van der Waals surface area contributed by atoms with E-state index in [-0.39, 0.29) is 5.84 Å². The monoisotopic (exact) mass is 160 g/mol. The van der Waals surface area contributed by atoms with Gasteiger partial charge in [0.15, 0.2) is 5.84 Å². The summed E-state index contributed by atoms with van der Waals surface area (Å²) in [7, 11) is 0. The van der Waals surface area contributed by atoms with Gasteiger partial charge in [0.05, 0.1) is 0 Å². The van der Waals surface area contributed by atoms with Crippen LogP contribution in [0.15, 0.2) is 48.5 Å². The third kappa shape index (κ3) is 2.92. The third-order valence-electron chi connectivity index (χ3n) is 1.21. The molecule has 0 aromatic heterocycles. The van der Waals surface area contributed by atoms with Crippen LogP contribution in [-0.2, 0) is 0 Å². The van der Waals surface area contributed by atoms with E-state index in [2.05, 4.69) is 24.9 Å². The summed E-state index contributed by atoms with van der Waals surface area (Å²) >= 11 is 0. The second-order valence-corrected chi connectivity index (χ2v) is 1.87. The number of hydrogen-bond donors (Lipinski definition) is 1. The lowest BCUT2D eigenvalue weighted by Gasteiger charge is -1.93. The highest BCUT2D eigenvalue weighted by Crippen LogP contribution is 1.98. The van der Waals surface area contributed by atoms with Crippen molar-refractivity contribution in [2.45, 2.75) is 0 Å². The first-order valence-corrected chi connectivity index (χ1v) is 3.45. The Labute approximate surface area is 72.8 Å². The summed E-state index contributed by atoms with van der Waals surface area (Å²) in [4.78, 5) is 3.49. The molecule has 0 bridgehead atoms. The van der Waals surface area contributed by atoms with Crippen molar-refractivity contribution in [1.82, 2.24) is 0 Å². The lowest BCUT2D eigenvalue weighted by Crippen LogP contribution is -1.91. The maximum Gasteiger partial charge on any atom is 0.151 e. The lowest BCUT2D eigenvalue weighted by molar-refractivity contribution is 1.43. The van der Waals surface area contributed by atoms with E-state index in [4.69, 9.17) is 5.41 Å². The molecule has 12 heavy (non-hydrogen) atoms.